The van der Waals surface area contributed by atoms with Crippen molar-refractivity contribution in [1.82, 2.24) is 4.57 Å². The molecule has 0 saturated heterocycles. The Morgan fingerprint density at radius 3 is 2.95 bits per heavy atom. The summed E-state index contributed by atoms with van der Waals surface area (Å²) < 4.78 is 7.61. The van der Waals surface area contributed by atoms with Gasteiger partial charge in [-0.15, -0.1) is 0 Å². The summed E-state index contributed by atoms with van der Waals surface area (Å²) in [6.07, 6.45) is 2.20. The Morgan fingerprint density at radius 1 is 1.50 bits per heavy atom. The van der Waals surface area contributed by atoms with Gasteiger partial charge < -0.3 is 14.4 Å². The summed E-state index contributed by atoms with van der Waals surface area (Å²) in [4.78, 5) is 11.3. The van der Waals surface area contributed by atoms with Gasteiger partial charge in [-0.2, -0.15) is 0 Å². The molecule has 3 rings (SSSR count). The van der Waals surface area contributed by atoms with Crippen molar-refractivity contribution in [1.29, 1.82) is 0 Å². The average Bonchev–Trinajstić information content (AvgIpc) is 2.79. The van der Waals surface area contributed by atoms with Crippen LogP contribution >= 0.6 is 0 Å². The minimum atomic E-state index is -0.684. The molecule has 0 radical (unpaired) electrons. The third kappa shape index (κ3) is 1.87. The zero-order valence-corrected chi connectivity index (χ0v) is 11.8. The van der Waals surface area contributed by atoms with E-state index in [1.165, 1.54) is 16.8 Å². The SMILES string of the molecule is CCn1c2c(c3cc(OC)ccc31)CC(C(=O)O)CC2. The second-order valence-electron chi connectivity index (χ2n) is 5.33. The van der Waals surface area contributed by atoms with Crippen LogP contribution in [-0.2, 0) is 24.2 Å². The van der Waals surface area contributed by atoms with Crippen LogP contribution in [0.1, 0.15) is 24.6 Å². The number of benzene rings is 1. The molecule has 1 aromatic carbocycles. The van der Waals surface area contributed by atoms with Gasteiger partial charge in [0.05, 0.1) is 13.0 Å². The molecule has 1 atom stereocenters. The summed E-state index contributed by atoms with van der Waals surface area (Å²) in [5.41, 5.74) is 3.68. The third-order valence-corrected chi connectivity index (χ3v) is 4.34. The maximum atomic E-state index is 11.3. The van der Waals surface area contributed by atoms with Crippen molar-refractivity contribution in [2.75, 3.05) is 7.11 Å². The largest absolute Gasteiger partial charge is 0.497 e. The van der Waals surface area contributed by atoms with Crippen molar-refractivity contribution in [3.63, 3.8) is 0 Å². The quantitative estimate of drug-likeness (QED) is 0.935. The molecule has 1 aliphatic rings. The first-order valence-electron chi connectivity index (χ1n) is 7.06. The first-order chi connectivity index (χ1) is 9.65. The summed E-state index contributed by atoms with van der Waals surface area (Å²) >= 11 is 0. The van der Waals surface area contributed by atoms with Crippen LogP contribution in [0.15, 0.2) is 18.2 Å². The van der Waals surface area contributed by atoms with Gasteiger partial charge in [-0.05, 0) is 49.9 Å². The number of ether oxygens (including phenoxy) is 1. The maximum absolute atomic E-state index is 11.3. The predicted molar refractivity (Wildman–Crippen MR) is 77.3 cm³/mol. The normalized spacial score (nSPS) is 18.0. The van der Waals surface area contributed by atoms with Crippen molar-refractivity contribution in [2.24, 2.45) is 5.92 Å². The molecule has 1 aromatic heterocycles. The minimum absolute atomic E-state index is 0.260. The van der Waals surface area contributed by atoms with Crippen molar-refractivity contribution in [3.05, 3.63) is 29.5 Å². The van der Waals surface area contributed by atoms with Crippen LogP contribution < -0.4 is 4.74 Å². The first-order valence-corrected chi connectivity index (χ1v) is 7.06. The number of nitrogens with zero attached hydrogens (tertiary/aromatic N) is 1. The summed E-state index contributed by atoms with van der Waals surface area (Å²) in [5, 5.41) is 10.4. The highest BCUT2D eigenvalue weighted by atomic mass is 16.5. The standard InChI is InChI=1S/C16H19NO3/c1-3-17-14-6-4-10(16(18)19)8-12(14)13-9-11(20-2)5-7-15(13)17/h5,7,9-10H,3-4,6,8H2,1-2H3,(H,18,19). The number of carbonyl (C=O) groups is 1. The molecule has 0 saturated carbocycles. The number of hydrogen-bond acceptors (Lipinski definition) is 2. The van der Waals surface area contributed by atoms with Crippen LogP contribution in [0.25, 0.3) is 10.9 Å². The number of aromatic nitrogens is 1. The molecule has 20 heavy (non-hydrogen) atoms. The summed E-state index contributed by atoms with van der Waals surface area (Å²) in [6.45, 7) is 3.04. The van der Waals surface area contributed by atoms with Gasteiger partial charge in [0.15, 0.2) is 0 Å². The van der Waals surface area contributed by atoms with Gasteiger partial charge in [0, 0.05) is 23.1 Å². The lowest BCUT2D eigenvalue weighted by molar-refractivity contribution is -0.142. The van der Waals surface area contributed by atoms with Crippen LogP contribution in [0.3, 0.4) is 0 Å². The highest BCUT2D eigenvalue weighted by Gasteiger charge is 2.28. The van der Waals surface area contributed by atoms with Crippen LogP contribution in [-0.4, -0.2) is 22.8 Å². The highest BCUT2D eigenvalue weighted by molar-refractivity contribution is 5.88. The Balaban J connectivity index is 2.20. The fourth-order valence-electron chi connectivity index (χ4n) is 3.33. The molecular weight excluding hydrogens is 254 g/mol. The zero-order valence-electron chi connectivity index (χ0n) is 11.8. The molecule has 106 valence electrons. The molecule has 0 spiro atoms. The summed E-state index contributed by atoms with van der Waals surface area (Å²) in [7, 11) is 1.66. The first kappa shape index (κ1) is 13.0. The number of rotatable bonds is 3. The molecular formula is C16H19NO3. The van der Waals surface area contributed by atoms with E-state index in [-0.39, 0.29) is 5.92 Å². The van der Waals surface area contributed by atoms with Gasteiger partial charge in [-0.25, -0.2) is 0 Å². The second kappa shape index (κ2) is 4.85. The molecule has 1 heterocycles. The molecule has 0 aliphatic heterocycles. The smallest absolute Gasteiger partial charge is 0.306 e. The van der Waals surface area contributed by atoms with E-state index in [0.717, 1.165) is 30.5 Å². The number of hydrogen-bond donors (Lipinski definition) is 1. The number of fused-ring (bicyclic) bond motifs is 3. The lowest BCUT2D eigenvalue weighted by atomic mass is 9.86. The van der Waals surface area contributed by atoms with E-state index < -0.39 is 5.97 Å². The molecule has 2 aromatic rings. The van der Waals surface area contributed by atoms with Crippen LogP contribution in [0.5, 0.6) is 5.75 Å². The third-order valence-electron chi connectivity index (χ3n) is 4.34. The van der Waals surface area contributed by atoms with Gasteiger partial charge in [0.2, 0.25) is 0 Å². The topological polar surface area (TPSA) is 51.5 Å². The summed E-state index contributed by atoms with van der Waals surface area (Å²) in [5.74, 6) is -0.119. The van der Waals surface area contributed by atoms with Gasteiger partial charge in [-0.3, -0.25) is 4.79 Å². The van der Waals surface area contributed by atoms with E-state index in [2.05, 4.69) is 17.6 Å². The monoisotopic (exact) mass is 273 g/mol. The molecule has 1 unspecified atom stereocenters. The van der Waals surface area contributed by atoms with Crippen LogP contribution in [0.4, 0.5) is 0 Å². The Kier molecular flexibility index (Phi) is 3.16. The van der Waals surface area contributed by atoms with Crippen molar-refractivity contribution < 1.29 is 14.6 Å². The minimum Gasteiger partial charge on any atom is -0.497 e. The number of methoxy groups -OCH3 is 1. The van der Waals surface area contributed by atoms with E-state index >= 15 is 0 Å². The van der Waals surface area contributed by atoms with E-state index in [1.807, 2.05) is 12.1 Å². The Bertz CT molecular complexity index is 672. The number of carboxylic acid groups (broad SMARTS) is 1. The van der Waals surface area contributed by atoms with Gasteiger partial charge >= 0.3 is 5.97 Å². The van der Waals surface area contributed by atoms with E-state index in [1.54, 1.807) is 7.11 Å². The number of carboxylic acids is 1. The fourth-order valence-corrected chi connectivity index (χ4v) is 3.33. The van der Waals surface area contributed by atoms with Crippen LogP contribution in [0.2, 0.25) is 0 Å². The molecule has 1 aliphatic carbocycles. The predicted octanol–water partition coefficient (Wildman–Crippen LogP) is 2.86. The van der Waals surface area contributed by atoms with Gasteiger partial charge in [-0.1, -0.05) is 0 Å². The maximum Gasteiger partial charge on any atom is 0.306 e. The Labute approximate surface area is 118 Å². The lowest BCUT2D eigenvalue weighted by Crippen LogP contribution is -2.22. The number of aliphatic carboxylic acids is 1. The molecule has 4 nitrogen and oxygen atoms in total. The van der Waals surface area contributed by atoms with E-state index in [9.17, 15) is 9.90 Å². The Morgan fingerprint density at radius 2 is 2.30 bits per heavy atom. The van der Waals surface area contributed by atoms with Crippen molar-refractivity contribution in [3.8, 4) is 5.75 Å². The average molecular weight is 273 g/mol. The number of aryl methyl sites for hydroxylation is 1. The van der Waals surface area contributed by atoms with Crippen molar-refractivity contribution >= 4 is 16.9 Å². The zero-order chi connectivity index (χ0) is 14.3. The van der Waals surface area contributed by atoms with Gasteiger partial charge in [0.25, 0.3) is 0 Å². The molecule has 1 N–H and O–H groups in total. The van der Waals surface area contributed by atoms with E-state index in [0.29, 0.717) is 6.42 Å². The van der Waals surface area contributed by atoms with E-state index in [4.69, 9.17) is 4.74 Å². The fraction of sp³-hybridized carbons (Fsp3) is 0.438. The molecule has 0 bridgehead atoms. The summed E-state index contributed by atoms with van der Waals surface area (Å²) in [6, 6.07) is 6.07. The lowest BCUT2D eigenvalue weighted by Gasteiger charge is -2.20. The Hall–Kier alpha value is -1.97. The highest BCUT2D eigenvalue weighted by Crippen LogP contribution is 2.36. The molecule has 0 amide bonds. The second-order valence-corrected chi connectivity index (χ2v) is 5.33. The van der Waals surface area contributed by atoms with Crippen LogP contribution in [0, 0.1) is 5.92 Å². The molecule has 4 heteroatoms. The van der Waals surface area contributed by atoms with Crippen molar-refractivity contribution in [2.45, 2.75) is 32.7 Å². The molecule has 0 fully saturated rings. The van der Waals surface area contributed by atoms with Gasteiger partial charge in [0.1, 0.15) is 5.75 Å².